The highest BCUT2D eigenvalue weighted by atomic mass is 35.5. The number of carbonyl (C=O) groups excluding carboxylic acids is 1. The molecule has 4 aromatic rings. The molecule has 3 heterocycles. The van der Waals surface area contributed by atoms with Crippen LogP contribution in [0.3, 0.4) is 0 Å². The lowest BCUT2D eigenvalue weighted by Gasteiger charge is -2.06. The SMILES string of the molecule is C=CCn1c(SCC(=O)Nc2ncc(Cc3ccc(Cl)cc3Cl)s2)nnc1-c1ccco1. The van der Waals surface area contributed by atoms with Gasteiger partial charge >= 0.3 is 0 Å². The molecule has 4 rings (SSSR count). The van der Waals surface area contributed by atoms with E-state index in [1.165, 1.54) is 23.1 Å². The maximum absolute atomic E-state index is 12.5. The normalized spacial score (nSPS) is 10.9. The van der Waals surface area contributed by atoms with E-state index in [0.717, 1.165) is 10.4 Å². The summed E-state index contributed by atoms with van der Waals surface area (Å²) in [6, 6.07) is 8.98. The van der Waals surface area contributed by atoms with Crippen molar-refractivity contribution in [2.75, 3.05) is 11.1 Å². The molecule has 32 heavy (non-hydrogen) atoms. The summed E-state index contributed by atoms with van der Waals surface area (Å²) in [5.41, 5.74) is 0.946. The van der Waals surface area contributed by atoms with Gasteiger partial charge in [0, 0.05) is 34.1 Å². The minimum absolute atomic E-state index is 0.158. The third-order valence-electron chi connectivity index (χ3n) is 4.28. The quantitative estimate of drug-likeness (QED) is 0.228. The molecular formula is C21H17Cl2N5O2S2. The first-order chi connectivity index (χ1) is 15.5. The average molecular weight is 506 g/mol. The van der Waals surface area contributed by atoms with Gasteiger partial charge in [-0.15, -0.1) is 28.1 Å². The zero-order valence-corrected chi connectivity index (χ0v) is 19.8. The molecule has 1 amide bonds. The Morgan fingerprint density at radius 3 is 2.94 bits per heavy atom. The first-order valence-corrected chi connectivity index (χ1v) is 12.0. The van der Waals surface area contributed by atoms with Crippen LogP contribution in [-0.4, -0.2) is 31.4 Å². The van der Waals surface area contributed by atoms with Crippen LogP contribution >= 0.6 is 46.3 Å². The standard InChI is InChI=1S/C21H17Cl2N5O2S2/c1-2-7-28-19(17-4-3-8-30-17)26-27-21(28)31-12-18(29)25-20-24-11-15(32-20)9-13-5-6-14(22)10-16(13)23/h2-6,8,10-11H,1,7,9,12H2,(H,24,25,29). The number of hydrogen-bond donors (Lipinski definition) is 1. The van der Waals surface area contributed by atoms with E-state index >= 15 is 0 Å². The van der Waals surface area contributed by atoms with Gasteiger partial charge in [0.2, 0.25) is 11.7 Å². The Balaban J connectivity index is 1.36. The van der Waals surface area contributed by atoms with E-state index in [4.69, 9.17) is 27.6 Å². The van der Waals surface area contributed by atoms with Gasteiger partial charge in [-0.3, -0.25) is 9.36 Å². The number of thioether (sulfide) groups is 1. The number of thiazole rings is 1. The van der Waals surface area contributed by atoms with Crippen LogP contribution in [0.25, 0.3) is 11.6 Å². The number of allylic oxidation sites excluding steroid dienone is 1. The zero-order valence-electron chi connectivity index (χ0n) is 16.6. The second-order valence-electron chi connectivity index (χ2n) is 6.56. The number of halogens is 2. The second kappa shape index (κ2) is 10.4. The molecule has 0 radical (unpaired) electrons. The maximum atomic E-state index is 12.5. The summed E-state index contributed by atoms with van der Waals surface area (Å²) in [5, 5.41) is 13.5. The molecule has 1 N–H and O–H groups in total. The highest BCUT2D eigenvalue weighted by molar-refractivity contribution is 7.99. The Bertz CT molecular complexity index is 1240. The molecule has 0 atom stereocenters. The molecule has 11 heteroatoms. The second-order valence-corrected chi connectivity index (χ2v) is 9.47. The highest BCUT2D eigenvalue weighted by Crippen LogP contribution is 2.28. The maximum Gasteiger partial charge on any atom is 0.236 e. The molecule has 3 aromatic heterocycles. The van der Waals surface area contributed by atoms with Gasteiger partial charge in [0.25, 0.3) is 0 Å². The van der Waals surface area contributed by atoms with Crippen molar-refractivity contribution in [1.29, 1.82) is 0 Å². The summed E-state index contributed by atoms with van der Waals surface area (Å²) in [4.78, 5) is 17.7. The number of nitrogens with one attached hydrogen (secondary N) is 1. The van der Waals surface area contributed by atoms with Crippen molar-refractivity contribution >= 4 is 57.3 Å². The van der Waals surface area contributed by atoms with Gasteiger partial charge in [-0.25, -0.2) is 4.98 Å². The van der Waals surface area contributed by atoms with Crippen LogP contribution in [0.1, 0.15) is 10.4 Å². The average Bonchev–Trinajstić information content (AvgIpc) is 3.51. The van der Waals surface area contributed by atoms with E-state index in [0.29, 0.717) is 44.9 Å². The first kappa shape index (κ1) is 22.6. The van der Waals surface area contributed by atoms with Crippen LogP contribution in [0.15, 0.2) is 65.0 Å². The molecule has 0 fully saturated rings. The summed E-state index contributed by atoms with van der Waals surface area (Å²) >= 11 is 14.9. The van der Waals surface area contributed by atoms with Crippen molar-refractivity contribution in [3.8, 4) is 11.6 Å². The van der Waals surface area contributed by atoms with Crippen molar-refractivity contribution < 1.29 is 9.21 Å². The molecule has 0 unspecified atom stereocenters. The van der Waals surface area contributed by atoms with E-state index in [1.54, 1.807) is 36.7 Å². The summed E-state index contributed by atoms with van der Waals surface area (Å²) in [7, 11) is 0. The predicted molar refractivity (Wildman–Crippen MR) is 129 cm³/mol. The van der Waals surface area contributed by atoms with E-state index in [9.17, 15) is 4.79 Å². The van der Waals surface area contributed by atoms with Gasteiger partial charge in [0.05, 0.1) is 12.0 Å². The number of amides is 1. The number of hydrogen-bond acceptors (Lipinski definition) is 7. The fourth-order valence-corrected chi connectivity index (χ4v) is 4.94. The summed E-state index contributed by atoms with van der Waals surface area (Å²) in [6.45, 7) is 4.27. The largest absolute Gasteiger partial charge is 0.461 e. The molecule has 0 aliphatic rings. The number of benzene rings is 1. The molecule has 0 saturated carbocycles. The topological polar surface area (TPSA) is 85.8 Å². The van der Waals surface area contributed by atoms with E-state index in [2.05, 4.69) is 27.1 Å². The van der Waals surface area contributed by atoms with Crippen LogP contribution in [0, 0.1) is 0 Å². The van der Waals surface area contributed by atoms with Crippen LogP contribution in [0.2, 0.25) is 10.0 Å². The lowest BCUT2D eigenvalue weighted by molar-refractivity contribution is -0.113. The smallest absolute Gasteiger partial charge is 0.236 e. The van der Waals surface area contributed by atoms with Crippen LogP contribution < -0.4 is 5.32 Å². The Morgan fingerprint density at radius 1 is 1.31 bits per heavy atom. The van der Waals surface area contributed by atoms with E-state index in [1.807, 2.05) is 16.7 Å². The van der Waals surface area contributed by atoms with Gasteiger partial charge in [0.1, 0.15) is 0 Å². The fraction of sp³-hybridized carbons (Fsp3) is 0.143. The van der Waals surface area contributed by atoms with Gasteiger partial charge in [-0.2, -0.15) is 0 Å². The van der Waals surface area contributed by atoms with Crippen molar-refractivity contribution in [1.82, 2.24) is 19.7 Å². The number of nitrogens with zero attached hydrogens (tertiary/aromatic N) is 4. The third-order valence-corrected chi connectivity index (χ3v) is 6.75. The molecular weight excluding hydrogens is 489 g/mol. The van der Waals surface area contributed by atoms with Gasteiger partial charge in [0.15, 0.2) is 16.0 Å². The van der Waals surface area contributed by atoms with Crippen molar-refractivity contribution in [2.45, 2.75) is 18.1 Å². The molecule has 7 nitrogen and oxygen atoms in total. The molecule has 0 saturated heterocycles. The van der Waals surface area contributed by atoms with E-state index < -0.39 is 0 Å². The first-order valence-electron chi connectivity index (χ1n) is 9.42. The highest BCUT2D eigenvalue weighted by Gasteiger charge is 2.17. The van der Waals surface area contributed by atoms with Gasteiger partial charge in [-0.05, 0) is 29.8 Å². The lowest BCUT2D eigenvalue weighted by atomic mass is 10.1. The fourth-order valence-electron chi connectivity index (χ4n) is 2.86. The monoisotopic (exact) mass is 505 g/mol. The Kier molecular flexibility index (Phi) is 7.31. The van der Waals surface area contributed by atoms with Crippen molar-refractivity contribution in [2.24, 2.45) is 0 Å². The summed E-state index contributed by atoms with van der Waals surface area (Å²) in [6.07, 6.45) is 5.66. The lowest BCUT2D eigenvalue weighted by Crippen LogP contribution is -2.14. The molecule has 0 spiro atoms. The Morgan fingerprint density at radius 2 is 2.19 bits per heavy atom. The molecule has 0 aliphatic heterocycles. The molecule has 0 aliphatic carbocycles. The summed E-state index contributed by atoms with van der Waals surface area (Å²) in [5.74, 6) is 1.16. The van der Waals surface area contributed by atoms with Gasteiger partial charge < -0.3 is 9.73 Å². The predicted octanol–water partition coefficient (Wildman–Crippen LogP) is 5.81. The summed E-state index contributed by atoms with van der Waals surface area (Å²) < 4.78 is 7.26. The number of furan rings is 1. The molecule has 164 valence electrons. The van der Waals surface area contributed by atoms with Crippen LogP contribution in [0.5, 0.6) is 0 Å². The number of carbonyl (C=O) groups is 1. The van der Waals surface area contributed by atoms with Crippen LogP contribution in [0.4, 0.5) is 5.13 Å². The minimum atomic E-state index is -0.187. The van der Waals surface area contributed by atoms with Gasteiger partial charge in [-0.1, -0.05) is 47.1 Å². The number of aromatic nitrogens is 4. The zero-order chi connectivity index (χ0) is 22.5. The molecule has 0 bridgehead atoms. The minimum Gasteiger partial charge on any atom is -0.461 e. The number of anilines is 1. The van der Waals surface area contributed by atoms with E-state index in [-0.39, 0.29) is 11.7 Å². The molecule has 1 aromatic carbocycles. The van der Waals surface area contributed by atoms with Crippen molar-refractivity contribution in [3.05, 3.63) is 75.9 Å². The Labute approximate surface area is 202 Å². The Hall–Kier alpha value is -2.59. The van der Waals surface area contributed by atoms with Crippen molar-refractivity contribution in [3.63, 3.8) is 0 Å². The van der Waals surface area contributed by atoms with Crippen LogP contribution in [-0.2, 0) is 17.8 Å². The number of rotatable bonds is 9. The third kappa shape index (κ3) is 5.42.